The lowest BCUT2D eigenvalue weighted by Crippen LogP contribution is -2.45. The summed E-state index contributed by atoms with van der Waals surface area (Å²) in [5, 5.41) is 6.70. The van der Waals surface area contributed by atoms with E-state index in [4.69, 9.17) is 5.73 Å². The minimum absolute atomic E-state index is 0.0253. The van der Waals surface area contributed by atoms with E-state index >= 15 is 0 Å². The first-order valence-corrected chi connectivity index (χ1v) is 7.64. The maximum absolute atomic E-state index is 12.6. The van der Waals surface area contributed by atoms with Crippen molar-refractivity contribution in [2.45, 2.75) is 65.8 Å². The number of amides is 1. The largest absolute Gasteiger partial charge is 0.408 e. The van der Waals surface area contributed by atoms with Crippen molar-refractivity contribution in [3.8, 4) is 0 Å². The van der Waals surface area contributed by atoms with E-state index in [-0.39, 0.29) is 11.8 Å². The zero-order valence-electron chi connectivity index (χ0n) is 14.2. The molecule has 132 valence electrons. The molecule has 1 amide bonds. The summed E-state index contributed by atoms with van der Waals surface area (Å²) in [4.78, 5) is 12.1. The summed E-state index contributed by atoms with van der Waals surface area (Å²) in [6.07, 6.45) is -3.57. The van der Waals surface area contributed by atoms with Crippen LogP contribution in [0.5, 0.6) is 0 Å². The van der Waals surface area contributed by atoms with Gasteiger partial charge in [0.2, 0.25) is 5.91 Å². The van der Waals surface area contributed by atoms with Crippen molar-refractivity contribution in [3.63, 3.8) is 0 Å². The fourth-order valence-electron chi connectivity index (χ4n) is 2.56. The Balaban J connectivity index is 2.92. The lowest BCUT2D eigenvalue weighted by atomic mass is 9.98. The molecule has 3 atom stereocenters. The summed E-state index contributed by atoms with van der Waals surface area (Å²) in [5.74, 6) is -0.286. The number of carbonyl (C=O) groups excluding carboxylic acids is 1. The van der Waals surface area contributed by atoms with E-state index in [2.05, 4.69) is 10.4 Å². The second-order valence-electron chi connectivity index (χ2n) is 6.00. The van der Waals surface area contributed by atoms with Crippen LogP contribution in [0.2, 0.25) is 0 Å². The first-order valence-electron chi connectivity index (χ1n) is 7.64. The average molecular weight is 334 g/mol. The minimum Gasteiger partial charge on any atom is -0.348 e. The highest BCUT2D eigenvalue weighted by molar-refractivity contribution is 5.82. The highest BCUT2D eigenvalue weighted by Gasteiger charge is 2.31. The molecule has 0 fully saturated rings. The smallest absolute Gasteiger partial charge is 0.348 e. The van der Waals surface area contributed by atoms with E-state index in [0.29, 0.717) is 17.0 Å². The summed E-state index contributed by atoms with van der Waals surface area (Å²) in [7, 11) is 0. The molecule has 1 heterocycles. The summed E-state index contributed by atoms with van der Waals surface area (Å²) in [5.41, 5.74) is 7.34. The number of aryl methyl sites for hydroxylation is 1. The Bertz CT molecular complexity index is 554. The van der Waals surface area contributed by atoms with Gasteiger partial charge in [-0.3, -0.25) is 9.48 Å². The van der Waals surface area contributed by atoms with Crippen LogP contribution in [-0.2, 0) is 11.3 Å². The quantitative estimate of drug-likeness (QED) is 0.840. The topological polar surface area (TPSA) is 72.9 Å². The molecule has 0 aliphatic heterocycles. The van der Waals surface area contributed by atoms with Gasteiger partial charge in [0.1, 0.15) is 6.54 Å². The lowest BCUT2D eigenvalue weighted by molar-refractivity contribution is -0.143. The highest BCUT2D eigenvalue weighted by Crippen LogP contribution is 2.25. The van der Waals surface area contributed by atoms with Crippen molar-refractivity contribution >= 4 is 5.91 Å². The Hall–Kier alpha value is -1.57. The molecule has 3 unspecified atom stereocenters. The fraction of sp³-hybridized carbons (Fsp3) is 0.733. The van der Waals surface area contributed by atoms with E-state index in [0.717, 1.165) is 11.1 Å². The lowest BCUT2D eigenvalue weighted by Gasteiger charge is -2.21. The molecule has 0 aliphatic rings. The molecular weight excluding hydrogens is 309 g/mol. The van der Waals surface area contributed by atoms with Crippen LogP contribution in [0.4, 0.5) is 13.2 Å². The minimum atomic E-state index is -4.34. The molecule has 0 bridgehead atoms. The molecule has 8 heteroatoms. The first kappa shape index (κ1) is 19.5. The summed E-state index contributed by atoms with van der Waals surface area (Å²) in [6, 6.07) is -1.10. The molecule has 0 saturated carbocycles. The molecule has 0 radical (unpaired) electrons. The van der Waals surface area contributed by atoms with E-state index in [1.54, 1.807) is 20.8 Å². The van der Waals surface area contributed by atoms with Gasteiger partial charge < -0.3 is 11.1 Å². The highest BCUT2D eigenvalue weighted by atomic mass is 19.4. The molecule has 3 N–H and O–H groups in total. The number of aromatic nitrogens is 2. The SMILES string of the molecule is CCC(C)C(N)C(=O)NC(C)c1c(C)nn(CC(F)(F)F)c1C. The number of rotatable bonds is 6. The predicted molar refractivity (Wildman–Crippen MR) is 81.7 cm³/mol. The molecule has 5 nitrogen and oxygen atoms in total. The fourth-order valence-corrected chi connectivity index (χ4v) is 2.56. The predicted octanol–water partition coefficient (Wildman–Crippen LogP) is 2.61. The molecule has 23 heavy (non-hydrogen) atoms. The van der Waals surface area contributed by atoms with Crippen LogP contribution >= 0.6 is 0 Å². The second kappa shape index (κ2) is 7.33. The second-order valence-corrected chi connectivity index (χ2v) is 6.00. The third kappa shape index (κ3) is 4.95. The maximum atomic E-state index is 12.6. The van der Waals surface area contributed by atoms with Crippen molar-refractivity contribution < 1.29 is 18.0 Å². The van der Waals surface area contributed by atoms with E-state index in [9.17, 15) is 18.0 Å². The molecule has 0 saturated heterocycles. The zero-order valence-corrected chi connectivity index (χ0v) is 14.2. The number of hydrogen-bond acceptors (Lipinski definition) is 3. The Morgan fingerprint density at radius 1 is 1.35 bits per heavy atom. The molecule has 0 spiro atoms. The monoisotopic (exact) mass is 334 g/mol. The number of nitrogens with zero attached hydrogens (tertiary/aromatic N) is 2. The van der Waals surface area contributed by atoms with E-state index in [1.807, 2.05) is 13.8 Å². The van der Waals surface area contributed by atoms with Crippen molar-refractivity contribution in [1.29, 1.82) is 0 Å². The number of hydrogen-bond donors (Lipinski definition) is 2. The van der Waals surface area contributed by atoms with Gasteiger partial charge >= 0.3 is 6.18 Å². The van der Waals surface area contributed by atoms with Gasteiger partial charge in [-0.05, 0) is 26.7 Å². The van der Waals surface area contributed by atoms with Crippen molar-refractivity contribution in [3.05, 3.63) is 17.0 Å². The average Bonchev–Trinajstić information content (AvgIpc) is 2.69. The Labute approximate surface area is 134 Å². The van der Waals surface area contributed by atoms with Gasteiger partial charge in [-0.15, -0.1) is 0 Å². The van der Waals surface area contributed by atoms with Gasteiger partial charge in [0.25, 0.3) is 0 Å². The third-order valence-electron chi connectivity index (χ3n) is 4.12. The van der Waals surface area contributed by atoms with Crippen LogP contribution in [0.3, 0.4) is 0 Å². The van der Waals surface area contributed by atoms with Gasteiger partial charge in [-0.25, -0.2) is 0 Å². The molecule has 1 rings (SSSR count). The number of nitrogens with one attached hydrogen (secondary N) is 1. The summed E-state index contributed by atoms with van der Waals surface area (Å²) < 4.78 is 38.6. The third-order valence-corrected chi connectivity index (χ3v) is 4.12. The van der Waals surface area contributed by atoms with E-state index < -0.39 is 24.8 Å². The summed E-state index contributed by atoms with van der Waals surface area (Å²) >= 11 is 0. The molecule has 0 aromatic carbocycles. The number of halogens is 3. The Kier molecular flexibility index (Phi) is 6.21. The molecule has 1 aromatic rings. The first-order chi connectivity index (χ1) is 10.5. The summed E-state index contributed by atoms with van der Waals surface area (Å²) in [6.45, 7) is 7.59. The Morgan fingerprint density at radius 3 is 2.39 bits per heavy atom. The van der Waals surface area contributed by atoms with Crippen molar-refractivity contribution in [2.75, 3.05) is 0 Å². The van der Waals surface area contributed by atoms with E-state index in [1.165, 1.54) is 0 Å². The number of carbonyl (C=O) groups is 1. The van der Waals surface area contributed by atoms with Gasteiger partial charge in [0.15, 0.2) is 0 Å². The number of alkyl halides is 3. The Morgan fingerprint density at radius 2 is 1.91 bits per heavy atom. The van der Waals surface area contributed by atoms with Crippen LogP contribution < -0.4 is 11.1 Å². The normalized spacial score (nSPS) is 16.0. The molecular formula is C15H25F3N4O. The standard InChI is InChI=1S/C15H25F3N4O/c1-6-8(2)13(19)14(23)20-9(3)12-10(4)21-22(11(12)5)7-15(16,17)18/h8-9,13H,6-7,19H2,1-5H3,(H,20,23). The zero-order chi connectivity index (χ0) is 17.9. The maximum Gasteiger partial charge on any atom is 0.408 e. The van der Waals surface area contributed by atoms with Crippen LogP contribution in [-0.4, -0.2) is 27.9 Å². The van der Waals surface area contributed by atoms with Crippen molar-refractivity contribution in [2.24, 2.45) is 11.7 Å². The van der Waals surface area contributed by atoms with Crippen LogP contribution in [0.1, 0.15) is 50.2 Å². The van der Waals surface area contributed by atoms with Gasteiger partial charge in [-0.1, -0.05) is 20.3 Å². The van der Waals surface area contributed by atoms with Crippen LogP contribution in [0.25, 0.3) is 0 Å². The van der Waals surface area contributed by atoms with Crippen LogP contribution in [0.15, 0.2) is 0 Å². The van der Waals surface area contributed by atoms with Crippen LogP contribution in [0, 0.1) is 19.8 Å². The van der Waals surface area contributed by atoms with Gasteiger partial charge in [0.05, 0.1) is 17.8 Å². The van der Waals surface area contributed by atoms with Gasteiger partial charge in [-0.2, -0.15) is 18.3 Å². The number of nitrogens with two attached hydrogens (primary N) is 1. The van der Waals surface area contributed by atoms with Crippen molar-refractivity contribution in [1.82, 2.24) is 15.1 Å². The van der Waals surface area contributed by atoms with Gasteiger partial charge in [0, 0.05) is 11.3 Å². The molecule has 0 aliphatic carbocycles. The molecule has 1 aromatic heterocycles.